The number of hydrogen-bond donors (Lipinski definition) is 3. The van der Waals surface area contributed by atoms with Crippen LogP contribution >= 0.6 is 0 Å². The van der Waals surface area contributed by atoms with Gasteiger partial charge in [-0.15, -0.1) is 4.68 Å². The molecule has 0 aliphatic heterocycles. The molecule has 0 amide bonds. The van der Waals surface area contributed by atoms with Crippen LogP contribution < -0.4 is 16.0 Å². The summed E-state index contributed by atoms with van der Waals surface area (Å²) in [6, 6.07) is 11.6. The SMILES string of the molecule is COc1cccc2[nH]c3c(=O)n(/N=C/c4cccc(O)c4)c(=O)[nH]c3c12. The van der Waals surface area contributed by atoms with Gasteiger partial charge in [0.05, 0.1) is 29.7 Å². The molecule has 0 saturated carbocycles. The standard InChI is InChI=1S/C18H14N4O4/c1-26-13-7-3-6-12-14(13)15-16(20-12)17(24)22(18(25)21-15)19-9-10-4-2-5-11(23)8-10/h2-9,20,23H,1H3,(H,21,25)/b19-9+. The lowest BCUT2D eigenvalue weighted by molar-refractivity contribution is 0.420. The normalized spacial score (nSPS) is 11.6. The molecule has 0 spiro atoms. The summed E-state index contributed by atoms with van der Waals surface area (Å²) in [4.78, 5) is 30.8. The molecular formula is C18H14N4O4. The second kappa shape index (κ2) is 5.92. The third-order valence-corrected chi connectivity index (χ3v) is 4.03. The van der Waals surface area contributed by atoms with Crippen molar-refractivity contribution in [1.29, 1.82) is 0 Å². The number of aromatic hydroxyl groups is 1. The topological polar surface area (TPSA) is 112 Å². The first-order valence-electron chi connectivity index (χ1n) is 7.75. The van der Waals surface area contributed by atoms with Crippen molar-refractivity contribution in [3.63, 3.8) is 0 Å². The van der Waals surface area contributed by atoms with Crippen LogP contribution in [0.3, 0.4) is 0 Å². The Balaban J connectivity index is 1.94. The van der Waals surface area contributed by atoms with Crippen LogP contribution in [-0.2, 0) is 0 Å². The second-order valence-corrected chi connectivity index (χ2v) is 5.64. The Morgan fingerprint density at radius 2 is 1.92 bits per heavy atom. The Morgan fingerprint density at radius 3 is 2.69 bits per heavy atom. The molecule has 0 saturated heterocycles. The molecule has 0 atom stereocenters. The summed E-state index contributed by atoms with van der Waals surface area (Å²) >= 11 is 0. The molecule has 3 N–H and O–H groups in total. The third-order valence-electron chi connectivity index (χ3n) is 4.03. The number of fused-ring (bicyclic) bond motifs is 3. The van der Waals surface area contributed by atoms with E-state index in [1.54, 1.807) is 30.3 Å². The van der Waals surface area contributed by atoms with Crippen molar-refractivity contribution >= 4 is 28.2 Å². The van der Waals surface area contributed by atoms with Gasteiger partial charge in [-0.3, -0.25) is 4.79 Å². The zero-order valence-corrected chi connectivity index (χ0v) is 13.7. The largest absolute Gasteiger partial charge is 0.508 e. The number of aromatic amines is 2. The Labute approximate surface area is 146 Å². The third kappa shape index (κ3) is 2.44. The van der Waals surface area contributed by atoms with E-state index in [0.29, 0.717) is 27.7 Å². The number of aromatic nitrogens is 3. The van der Waals surface area contributed by atoms with E-state index >= 15 is 0 Å². The van der Waals surface area contributed by atoms with Gasteiger partial charge in [0, 0.05) is 0 Å². The van der Waals surface area contributed by atoms with Gasteiger partial charge in [0.25, 0.3) is 0 Å². The minimum atomic E-state index is -0.675. The highest BCUT2D eigenvalue weighted by molar-refractivity contribution is 6.07. The maximum absolute atomic E-state index is 12.7. The molecule has 0 unspecified atom stereocenters. The molecule has 4 rings (SSSR count). The molecule has 130 valence electrons. The van der Waals surface area contributed by atoms with E-state index in [1.165, 1.54) is 25.5 Å². The van der Waals surface area contributed by atoms with Gasteiger partial charge in [0.15, 0.2) is 0 Å². The minimum Gasteiger partial charge on any atom is -0.508 e. The number of benzene rings is 2. The van der Waals surface area contributed by atoms with Crippen molar-refractivity contribution in [1.82, 2.24) is 14.6 Å². The Kier molecular flexibility index (Phi) is 3.58. The average Bonchev–Trinajstić information content (AvgIpc) is 3.00. The van der Waals surface area contributed by atoms with E-state index in [1.807, 2.05) is 0 Å². The van der Waals surface area contributed by atoms with Crippen molar-refractivity contribution in [2.24, 2.45) is 5.10 Å². The lowest BCUT2D eigenvalue weighted by atomic mass is 10.2. The molecule has 0 aliphatic carbocycles. The molecular weight excluding hydrogens is 336 g/mol. The molecule has 8 nitrogen and oxygen atoms in total. The van der Waals surface area contributed by atoms with E-state index in [2.05, 4.69) is 15.1 Å². The molecule has 2 heterocycles. The first-order chi connectivity index (χ1) is 12.6. The first-order valence-corrected chi connectivity index (χ1v) is 7.75. The van der Waals surface area contributed by atoms with Gasteiger partial charge in [0.2, 0.25) is 0 Å². The fourth-order valence-corrected chi connectivity index (χ4v) is 2.86. The second-order valence-electron chi connectivity index (χ2n) is 5.64. The summed E-state index contributed by atoms with van der Waals surface area (Å²) in [7, 11) is 1.52. The van der Waals surface area contributed by atoms with Gasteiger partial charge < -0.3 is 19.8 Å². The van der Waals surface area contributed by atoms with Crippen molar-refractivity contribution in [2.75, 3.05) is 7.11 Å². The number of rotatable bonds is 3. The van der Waals surface area contributed by atoms with E-state index in [9.17, 15) is 14.7 Å². The molecule has 8 heteroatoms. The molecule has 26 heavy (non-hydrogen) atoms. The fourth-order valence-electron chi connectivity index (χ4n) is 2.86. The van der Waals surface area contributed by atoms with Crippen molar-refractivity contribution in [2.45, 2.75) is 0 Å². The summed E-state index contributed by atoms with van der Waals surface area (Å²) in [5, 5.41) is 14.1. The van der Waals surface area contributed by atoms with E-state index < -0.39 is 11.2 Å². The highest BCUT2D eigenvalue weighted by Crippen LogP contribution is 2.29. The van der Waals surface area contributed by atoms with Crippen LogP contribution in [-0.4, -0.2) is 33.1 Å². The lowest BCUT2D eigenvalue weighted by Gasteiger charge is -2.01. The maximum Gasteiger partial charge on any atom is 0.350 e. The van der Waals surface area contributed by atoms with Crippen molar-refractivity contribution < 1.29 is 9.84 Å². The van der Waals surface area contributed by atoms with Gasteiger partial charge >= 0.3 is 11.2 Å². The number of nitrogens with one attached hydrogen (secondary N) is 2. The fraction of sp³-hybridized carbons (Fsp3) is 0.0556. The quantitative estimate of drug-likeness (QED) is 0.489. The summed E-state index contributed by atoms with van der Waals surface area (Å²) in [5.41, 5.74) is 0.550. The van der Waals surface area contributed by atoms with Gasteiger partial charge in [-0.1, -0.05) is 18.2 Å². The summed E-state index contributed by atoms with van der Waals surface area (Å²) in [5.74, 6) is 0.609. The first kappa shape index (κ1) is 15.7. The number of H-pyrrole nitrogens is 2. The number of ether oxygens (including phenoxy) is 1. The summed E-state index contributed by atoms with van der Waals surface area (Å²) in [6.45, 7) is 0. The van der Waals surface area contributed by atoms with Gasteiger partial charge in [-0.25, -0.2) is 4.79 Å². The Bertz CT molecular complexity index is 1280. The minimum absolute atomic E-state index is 0.0633. The molecule has 2 aromatic heterocycles. The van der Waals surface area contributed by atoms with Crippen LogP contribution in [0.4, 0.5) is 0 Å². The van der Waals surface area contributed by atoms with E-state index in [0.717, 1.165) is 4.68 Å². The predicted molar refractivity (Wildman–Crippen MR) is 98.3 cm³/mol. The molecule has 0 fully saturated rings. The molecule has 2 aromatic carbocycles. The summed E-state index contributed by atoms with van der Waals surface area (Å²) < 4.78 is 6.05. The number of phenolic OH excluding ortho intramolecular Hbond substituents is 1. The van der Waals surface area contributed by atoms with Crippen LogP contribution in [0.2, 0.25) is 0 Å². The van der Waals surface area contributed by atoms with Gasteiger partial charge in [-0.05, 0) is 29.8 Å². The molecule has 0 aliphatic rings. The molecule has 4 aromatic rings. The Morgan fingerprint density at radius 1 is 1.12 bits per heavy atom. The highest BCUT2D eigenvalue weighted by Gasteiger charge is 2.15. The highest BCUT2D eigenvalue weighted by atomic mass is 16.5. The zero-order valence-electron chi connectivity index (χ0n) is 13.7. The van der Waals surface area contributed by atoms with Crippen molar-refractivity contribution in [3.05, 3.63) is 68.9 Å². The number of phenols is 1. The van der Waals surface area contributed by atoms with E-state index in [-0.39, 0.29) is 11.3 Å². The van der Waals surface area contributed by atoms with Crippen LogP contribution in [0, 0.1) is 0 Å². The lowest BCUT2D eigenvalue weighted by Crippen LogP contribution is -2.32. The maximum atomic E-state index is 12.7. The van der Waals surface area contributed by atoms with Crippen molar-refractivity contribution in [3.8, 4) is 11.5 Å². The Hall–Kier alpha value is -3.81. The average molecular weight is 350 g/mol. The number of nitrogens with zero attached hydrogens (tertiary/aromatic N) is 2. The zero-order chi connectivity index (χ0) is 18.3. The van der Waals surface area contributed by atoms with Crippen LogP contribution in [0.1, 0.15) is 5.56 Å². The molecule has 0 bridgehead atoms. The van der Waals surface area contributed by atoms with Crippen LogP contribution in [0.5, 0.6) is 11.5 Å². The monoisotopic (exact) mass is 350 g/mol. The van der Waals surface area contributed by atoms with Gasteiger partial charge in [-0.2, -0.15) is 5.10 Å². The van der Waals surface area contributed by atoms with E-state index in [4.69, 9.17) is 4.74 Å². The predicted octanol–water partition coefficient (Wildman–Crippen LogP) is 1.77. The smallest absolute Gasteiger partial charge is 0.350 e. The molecule has 0 radical (unpaired) electrons. The van der Waals surface area contributed by atoms with Gasteiger partial charge in [0.1, 0.15) is 17.0 Å². The number of hydrogen-bond acceptors (Lipinski definition) is 5. The van der Waals surface area contributed by atoms with Crippen LogP contribution in [0.25, 0.3) is 21.9 Å². The summed E-state index contributed by atoms with van der Waals surface area (Å²) in [6.07, 6.45) is 1.32. The number of methoxy groups -OCH3 is 1. The van der Waals surface area contributed by atoms with Crippen LogP contribution in [0.15, 0.2) is 57.2 Å².